The zero-order chi connectivity index (χ0) is 10.3. The fourth-order valence-corrected chi connectivity index (χ4v) is 0.791. The molecule has 0 bridgehead atoms. The molecule has 0 spiro atoms. The van der Waals surface area contributed by atoms with Crippen molar-refractivity contribution in [2.75, 3.05) is 13.2 Å². The molecule has 0 radical (unpaired) electrons. The van der Waals surface area contributed by atoms with Crippen LogP contribution in [0.25, 0.3) is 0 Å². The Bertz CT molecular complexity index is 194. The molecule has 0 aliphatic heterocycles. The Hall–Kier alpha value is -0.640. The third-order valence-corrected chi connectivity index (χ3v) is 1.85. The van der Waals surface area contributed by atoms with E-state index in [0.717, 1.165) is 11.1 Å². The van der Waals surface area contributed by atoms with Crippen molar-refractivity contribution >= 4 is 0 Å². The van der Waals surface area contributed by atoms with Gasteiger partial charge in [0.15, 0.2) is 0 Å². The maximum absolute atomic E-state index is 9.16. The molecule has 76 valence electrons. The van der Waals surface area contributed by atoms with Crippen molar-refractivity contribution in [1.29, 1.82) is 0 Å². The largest absolute Gasteiger partial charge is 0.393 e. The number of hydrogen-bond donors (Lipinski definition) is 3. The molecule has 13 heavy (non-hydrogen) atoms. The van der Waals surface area contributed by atoms with E-state index in [1.54, 1.807) is 6.92 Å². The number of allylic oxidation sites excluding steroid dienone is 2. The normalized spacial score (nSPS) is 16.1. The van der Waals surface area contributed by atoms with Crippen molar-refractivity contribution in [2.24, 2.45) is 0 Å². The van der Waals surface area contributed by atoms with E-state index in [1.165, 1.54) is 0 Å². The lowest BCUT2D eigenvalue weighted by molar-refractivity contribution is 0.122. The summed E-state index contributed by atoms with van der Waals surface area (Å²) >= 11 is 0. The van der Waals surface area contributed by atoms with Crippen LogP contribution in [0.15, 0.2) is 23.3 Å². The molecule has 0 aromatic heterocycles. The van der Waals surface area contributed by atoms with Gasteiger partial charge in [0.2, 0.25) is 0 Å². The highest BCUT2D eigenvalue weighted by Gasteiger charge is 2.01. The van der Waals surface area contributed by atoms with Gasteiger partial charge in [-0.25, -0.2) is 0 Å². The first-order valence-electron chi connectivity index (χ1n) is 4.33. The van der Waals surface area contributed by atoms with Crippen LogP contribution in [0.2, 0.25) is 0 Å². The summed E-state index contributed by atoms with van der Waals surface area (Å²) < 4.78 is 0. The molecule has 0 aliphatic carbocycles. The Morgan fingerprint density at radius 1 is 1.23 bits per heavy atom. The van der Waals surface area contributed by atoms with E-state index in [-0.39, 0.29) is 13.2 Å². The monoisotopic (exact) mass is 186 g/mol. The quantitative estimate of drug-likeness (QED) is 0.551. The van der Waals surface area contributed by atoms with E-state index in [0.29, 0.717) is 6.42 Å². The van der Waals surface area contributed by atoms with Gasteiger partial charge in [0.05, 0.1) is 19.3 Å². The van der Waals surface area contributed by atoms with Gasteiger partial charge in [0.1, 0.15) is 0 Å². The molecule has 0 aromatic carbocycles. The van der Waals surface area contributed by atoms with E-state index in [4.69, 9.17) is 15.3 Å². The van der Waals surface area contributed by atoms with Crippen molar-refractivity contribution in [3.05, 3.63) is 23.3 Å². The second kappa shape index (κ2) is 6.83. The highest BCUT2D eigenvalue weighted by Crippen LogP contribution is 2.03. The Labute approximate surface area is 79.0 Å². The molecule has 0 aromatic rings. The smallest absolute Gasteiger partial charge is 0.0978 e. The van der Waals surface area contributed by atoms with Gasteiger partial charge in [0, 0.05) is 0 Å². The van der Waals surface area contributed by atoms with Crippen LogP contribution in [0.3, 0.4) is 0 Å². The summed E-state index contributed by atoms with van der Waals surface area (Å²) in [6.07, 6.45) is 3.63. The molecule has 0 fully saturated rings. The van der Waals surface area contributed by atoms with E-state index in [1.807, 2.05) is 19.1 Å². The number of rotatable bonds is 5. The lowest BCUT2D eigenvalue weighted by Crippen LogP contribution is -2.12. The minimum Gasteiger partial charge on any atom is -0.393 e. The van der Waals surface area contributed by atoms with Crippen LogP contribution >= 0.6 is 0 Å². The lowest BCUT2D eigenvalue weighted by atomic mass is 10.1. The molecule has 3 heteroatoms. The minimum atomic E-state index is -0.761. The lowest BCUT2D eigenvalue weighted by Gasteiger charge is -2.06. The summed E-state index contributed by atoms with van der Waals surface area (Å²) in [5, 5.41) is 26.5. The standard InChI is InChI=1S/C10H18O3/c1-8(6-11)4-3-5-9(2)10(13)7-12/h4-5,10-13H,3,6-7H2,1-2H3/b8-4+,9-5-. The zero-order valence-electron chi connectivity index (χ0n) is 8.20. The molecule has 0 aliphatic rings. The molecule has 0 rings (SSSR count). The van der Waals surface area contributed by atoms with Crippen molar-refractivity contribution in [3.63, 3.8) is 0 Å². The van der Waals surface area contributed by atoms with Crippen LogP contribution in [0.4, 0.5) is 0 Å². The van der Waals surface area contributed by atoms with Gasteiger partial charge >= 0.3 is 0 Å². The predicted octanol–water partition coefficient (Wildman–Crippen LogP) is 0.615. The van der Waals surface area contributed by atoms with Crippen LogP contribution in [-0.2, 0) is 0 Å². The van der Waals surface area contributed by atoms with Gasteiger partial charge in [-0.2, -0.15) is 0 Å². The average molecular weight is 186 g/mol. The highest BCUT2D eigenvalue weighted by atomic mass is 16.3. The van der Waals surface area contributed by atoms with Gasteiger partial charge in [0.25, 0.3) is 0 Å². The van der Waals surface area contributed by atoms with Gasteiger partial charge in [-0.3, -0.25) is 0 Å². The third-order valence-electron chi connectivity index (χ3n) is 1.85. The second-order valence-electron chi connectivity index (χ2n) is 3.09. The van der Waals surface area contributed by atoms with E-state index >= 15 is 0 Å². The topological polar surface area (TPSA) is 60.7 Å². The molecule has 0 amide bonds. The SMILES string of the molecule is C/C(=C/C/C=C(\C)CO)C(O)CO. The Balaban J connectivity index is 3.97. The average Bonchev–Trinajstić information content (AvgIpc) is 2.15. The maximum atomic E-state index is 9.16. The first-order chi connectivity index (χ1) is 6.11. The predicted molar refractivity (Wildman–Crippen MR) is 52.3 cm³/mol. The summed E-state index contributed by atoms with van der Waals surface area (Å²) in [5.41, 5.74) is 1.66. The van der Waals surface area contributed by atoms with Crippen LogP contribution in [0, 0.1) is 0 Å². The fourth-order valence-electron chi connectivity index (χ4n) is 0.791. The Morgan fingerprint density at radius 3 is 2.31 bits per heavy atom. The first-order valence-corrected chi connectivity index (χ1v) is 4.33. The van der Waals surface area contributed by atoms with Gasteiger partial charge in [-0.15, -0.1) is 0 Å². The van der Waals surface area contributed by atoms with E-state index in [2.05, 4.69) is 0 Å². The van der Waals surface area contributed by atoms with Gasteiger partial charge < -0.3 is 15.3 Å². The first kappa shape index (κ1) is 12.4. The fraction of sp³-hybridized carbons (Fsp3) is 0.600. The molecule has 3 nitrogen and oxygen atoms in total. The summed E-state index contributed by atoms with van der Waals surface area (Å²) in [7, 11) is 0. The van der Waals surface area contributed by atoms with Crippen molar-refractivity contribution in [2.45, 2.75) is 26.4 Å². The summed E-state index contributed by atoms with van der Waals surface area (Å²) in [6, 6.07) is 0. The summed E-state index contributed by atoms with van der Waals surface area (Å²) in [5.74, 6) is 0. The van der Waals surface area contributed by atoms with Crippen molar-refractivity contribution in [3.8, 4) is 0 Å². The molecule has 0 heterocycles. The molecule has 1 unspecified atom stereocenters. The molecule has 0 saturated heterocycles. The van der Waals surface area contributed by atoms with Crippen molar-refractivity contribution < 1.29 is 15.3 Å². The molecular formula is C10H18O3. The second-order valence-corrected chi connectivity index (χ2v) is 3.09. The third kappa shape index (κ3) is 5.58. The van der Waals surface area contributed by atoms with Crippen LogP contribution in [-0.4, -0.2) is 34.6 Å². The number of aliphatic hydroxyl groups excluding tert-OH is 3. The van der Waals surface area contributed by atoms with E-state index < -0.39 is 6.10 Å². The minimum absolute atomic E-state index is 0.0649. The molecular weight excluding hydrogens is 168 g/mol. The highest BCUT2D eigenvalue weighted by molar-refractivity contribution is 5.09. The summed E-state index contributed by atoms with van der Waals surface area (Å²) in [6.45, 7) is 3.43. The molecule has 1 atom stereocenters. The molecule has 3 N–H and O–H groups in total. The number of hydrogen-bond acceptors (Lipinski definition) is 3. The number of aliphatic hydroxyl groups is 3. The Morgan fingerprint density at radius 2 is 1.85 bits per heavy atom. The zero-order valence-corrected chi connectivity index (χ0v) is 8.20. The van der Waals surface area contributed by atoms with Crippen LogP contribution in [0.5, 0.6) is 0 Å². The molecule has 0 saturated carbocycles. The summed E-state index contributed by atoms with van der Waals surface area (Å²) in [4.78, 5) is 0. The Kier molecular flexibility index (Phi) is 6.49. The van der Waals surface area contributed by atoms with Crippen LogP contribution in [0.1, 0.15) is 20.3 Å². The maximum Gasteiger partial charge on any atom is 0.0978 e. The van der Waals surface area contributed by atoms with Crippen LogP contribution < -0.4 is 0 Å². The van der Waals surface area contributed by atoms with E-state index in [9.17, 15) is 0 Å². The van der Waals surface area contributed by atoms with Gasteiger partial charge in [-0.05, 0) is 25.8 Å². The van der Waals surface area contributed by atoms with Crippen molar-refractivity contribution in [1.82, 2.24) is 0 Å². The van der Waals surface area contributed by atoms with Gasteiger partial charge in [-0.1, -0.05) is 17.7 Å².